The molecule has 9 aromatic carbocycles. The first-order chi connectivity index (χ1) is 29.5. The molecular formula is C59H43N. The van der Waals surface area contributed by atoms with Crippen LogP contribution in [0.25, 0.3) is 44.5 Å². The SMILES string of the molecule is CC1(C)c2ccccc2-c2ccc(N(c3ccc(-c4ccccc4)cc3)c3ccc(-c4ccccc4)c4c3C3c5ccccc5C4c4ccc(-c5ccccc5)cc43)cc21. The van der Waals surface area contributed by atoms with Crippen LogP contribution in [-0.2, 0) is 5.41 Å². The average Bonchev–Trinajstić information content (AvgIpc) is 3.55. The zero-order valence-corrected chi connectivity index (χ0v) is 33.8. The average molecular weight is 766 g/mol. The van der Waals surface area contributed by atoms with E-state index in [2.05, 4.69) is 231 Å². The minimum absolute atomic E-state index is 0.0414. The van der Waals surface area contributed by atoms with Crippen LogP contribution in [0.15, 0.2) is 212 Å². The highest BCUT2D eigenvalue weighted by molar-refractivity contribution is 5.91. The van der Waals surface area contributed by atoms with Crippen LogP contribution in [0.1, 0.15) is 70.2 Å². The molecule has 0 heterocycles. The highest BCUT2D eigenvalue weighted by Gasteiger charge is 2.45. The molecule has 0 amide bonds. The second kappa shape index (κ2) is 13.4. The second-order valence-electron chi connectivity index (χ2n) is 17.2. The maximum Gasteiger partial charge on any atom is 0.0506 e. The van der Waals surface area contributed by atoms with Crippen molar-refractivity contribution in [3.05, 3.63) is 257 Å². The third kappa shape index (κ3) is 5.19. The van der Waals surface area contributed by atoms with Crippen LogP contribution in [0.2, 0.25) is 0 Å². The molecule has 2 atom stereocenters. The van der Waals surface area contributed by atoms with Crippen molar-refractivity contribution in [1.29, 1.82) is 0 Å². The zero-order valence-electron chi connectivity index (χ0n) is 33.8. The van der Waals surface area contributed by atoms with Crippen molar-refractivity contribution >= 4 is 17.1 Å². The Morgan fingerprint density at radius 2 is 0.833 bits per heavy atom. The summed E-state index contributed by atoms with van der Waals surface area (Å²) in [6.07, 6.45) is 0. The van der Waals surface area contributed by atoms with Gasteiger partial charge >= 0.3 is 0 Å². The van der Waals surface area contributed by atoms with Gasteiger partial charge in [-0.05, 0) is 125 Å². The van der Waals surface area contributed by atoms with E-state index in [1.165, 1.54) is 100 Å². The molecule has 4 aliphatic rings. The maximum atomic E-state index is 2.56. The molecule has 60 heavy (non-hydrogen) atoms. The lowest BCUT2D eigenvalue weighted by Crippen LogP contribution is -2.30. The van der Waals surface area contributed by atoms with Gasteiger partial charge in [-0.1, -0.05) is 190 Å². The van der Waals surface area contributed by atoms with Gasteiger partial charge in [0.1, 0.15) is 0 Å². The molecule has 2 bridgehead atoms. The van der Waals surface area contributed by atoms with Crippen molar-refractivity contribution < 1.29 is 0 Å². The monoisotopic (exact) mass is 765 g/mol. The van der Waals surface area contributed by atoms with E-state index >= 15 is 0 Å². The number of rotatable bonds is 6. The minimum Gasteiger partial charge on any atom is -0.310 e. The molecule has 0 radical (unpaired) electrons. The van der Waals surface area contributed by atoms with E-state index < -0.39 is 0 Å². The van der Waals surface area contributed by atoms with Gasteiger partial charge in [-0.2, -0.15) is 0 Å². The van der Waals surface area contributed by atoms with E-state index in [-0.39, 0.29) is 17.3 Å². The van der Waals surface area contributed by atoms with Crippen LogP contribution < -0.4 is 4.90 Å². The van der Waals surface area contributed by atoms with Crippen LogP contribution in [-0.4, -0.2) is 0 Å². The molecule has 0 saturated carbocycles. The summed E-state index contributed by atoms with van der Waals surface area (Å²) < 4.78 is 0. The smallest absolute Gasteiger partial charge is 0.0506 e. The number of hydrogen-bond acceptors (Lipinski definition) is 1. The molecule has 13 rings (SSSR count). The van der Waals surface area contributed by atoms with Crippen LogP contribution >= 0.6 is 0 Å². The summed E-state index contributed by atoms with van der Waals surface area (Å²) in [4.78, 5) is 2.56. The van der Waals surface area contributed by atoms with E-state index in [4.69, 9.17) is 0 Å². The molecule has 1 heteroatoms. The maximum absolute atomic E-state index is 2.56. The highest BCUT2D eigenvalue weighted by Crippen LogP contribution is 2.62. The second-order valence-corrected chi connectivity index (χ2v) is 17.2. The van der Waals surface area contributed by atoms with Crippen LogP contribution in [0.3, 0.4) is 0 Å². The highest BCUT2D eigenvalue weighted by atomic mass is 15.1. The Kier molecular flexibility index (Phi) is 7.78. The van der Waals surface area contributed by atoms with Crippen LogP contribution in [0, 0.1) is 0 Å². The Hall–Kier alpha value is -7.22. The first-order valence-corrected chi connectivity index (χ1v) is 21.2. The largest absolute Gasteiger partial charge is 0.310 e. The normalized spacial score (nSPS) is 16.0. The van der Waals surface area contributed by atoms with Crippen LogP contribution in [0.5, 0.6) is 0 Å². The Labute approximate surface area is 352 Å². The van der Waals surface area contributed by atoms with Crippen molar-refractivity contribution in [2.45, 2.75) is 31.1 Å². The van der Waals surface area contributed by atoms with Gasteiger partial charge in [0.25, 0.3) is 0 Å². The lowest BCUT2D eigenvalue weighted by Gasteiger charge is -2.45. The standard InChI is InChI=1S/C59H43N/c1-59(2)52-25-15-14-22-46(52)47-33-31-44(37-53(47)59)60(43-29-26-40(27-30-43)38-16-6-3-7-17-38)54-35-34-45(41-20-10-5-11-21-41)57-55-48-23-12-13-24-49(48)56(58(54)57)51-36-42(28-32-50(51)55)39-18-8-4-9-19-39/h3-37,55-56H,1-2H3. The summed E-state index contributed by atoms with van der Waals surface area (Å²) in [6.45, 7) is 4.77. The van der Waals surface area contributed by atoms with Gasteiger partial charge in [0.2, 0.25) is 0 Å². The first-order valence-electron chi connectivity index (χ1n) is 21.2. The fraction of sp³-hybridized carbons (Fsp3) is 0.0847. The lowest BCUT2D eigenvalue weighted by molar-refractivity contribution is 0.660. The summed E-state index contributed by atoms with van der Waals surface area (Å²) in [5, 5.41) is 0. The summed E-state index contributed by atoms with van der Waals surface area (Å²) >= 11 is 0. The van der Waals surface area contributed by atoms with Crippen molar-refractivity contribution in [1.82, 2.24) is 0 Å². The summed E-state index contributed by atoms with van der Waals surface area (Å²) in [5.74, 6) is 0.131. The number of fused-ring (bicyclic) bond motifs is 3. The fourth-order valence-corrected chi connectivity index (χ4v) is 10.9. The van der Waals surface area contributed by atoms with Gasteiger partial charge in [-0.3, -0.25) is 0 Å². The molecule has 0 spiro atoms. The van der Waals surface area contributed by atoms with Gasteiger partial charge in [-0.15, -0.1) is 0 Å². The van der Waals surface area contributed by atoms with Crippen molar-refractivity contribution in [3.8, 4) is 44.5 Å². The summed E-state index contributed by atoms with van der Waals surface area (Å²) in [6, 6.07) is 79.3. The van der Waals surface area contributed by atoms with E-state index in [0.29, 0.717) is 0 Å². The predicted octanol–water partition coefficient (Wildman–Crippen LogP) is 15.5. The third-order valence-electron chi connectivity index (χ3n) is 13.7. The van der Waals surface area contributed by atoms with Crippen molar-refractivity contribution in [2.24, 2.45) is 0 Å². The molecule has 1 nitrogen and oxygen atoms in total. The molecule has 0 saturated heterocycles. The predicted molar refractivity (Wildman–Crippen MR) is 250 cm³/mol. The van der Waals surface area contributed by atoms with Crippen molar-refractivity contribution in [3.63, 3.8) is 0 Å². The number of benzene rings is 9. The molecule has 0 N–H and O–H groups in total. The van der Waals surface area contributed by atoms with Gasteiger partial charge in [-0.25, -0.2) is 0 Å². The van der Waals surface area contributed by atoms with Gasteiger partial charge in [0.15, 0.2) is 0 Å². The third-order valence-corrected chi connectivity index (χ3v) is 13.7. The summed E-state index contributed by atoms with van der Waals surface area (Å²) in [5.41, 5.74) is 24.8. The van der Waals surface area contributed by atoms with E-state index in [1.54, 1.807) is 0 Å². The fourth-order valence-electron chi connectivity index (χ4n) is 10.9. The number of hydrogen-bond donors (Lipinski definition) is 0. The molecule has 284 valence electrons. The number of nitrogens with zero attached hydrogens (tertiary/aromatic N) is 1. The van der Waals surface area contributed by atoms with Crippen molar-refractivity contribution in [2.75, 3.05) is 4.90 Å². The Balaban J connectivity index is 1.14. The Morgan fingerprint density at radius 3 is 1.53 bits per heavy atom. The molecule has 0 fully saturated rings. The molecule has 9 aromatic rings. The Morgan fingerprint density at radius 1 is 0.333 bits per heavy atom. The quantitative estimate of drug-likeness (QED) is 0.163. The molecule has 0 aliphatic heterocycles. The van der Waals surface area contributed by atoms with Gasteiger partial charge < -0.3 is 4.90 Å². The minimum atomic E-state index is -0.133. The molecular weight excluding hydrogens is 723 g/mol. The van der Waals surface area contributed by atoms with E-state index in [1.807, 2.05) is 0 Å². The van der Waals surface area contributed by atoms with Gasteiger partial charge in [0.05, 0.1) is 5.69 Å². The van der Waals surface area contributed by atoms with E-state index in [0.717, 1.165) is 5.69 Å². The first kappa shape index (κ1) is 34.8. The molecule has 0 aromatic heterocycles. The topological polar surface area (TPSA) is 3.24 Å². The Bertz CT molecular complexity index is 3110. The number of anilines is 3. The van der Waals surface area contributed by atoms with Crippen LogP contribution in [0.4, 0.5) is 17.1 Å². The van der Waals surface area contributed by atoms with Gasteiger partial charge in [0, 0.05) is 28.6 Å². The summed E-state index contributed by atoms with van der Waals surface area (Å²) in [7, 11) is 0. The molecule has 4 aliphatic carbocycles. The van der Waals surface area contributed by atoms with E-state index in [9.17, 15) is 0 Å². The zero-order chi connectivity index (χ0) is 40.0. The molecule has 2 unspecified atom stereocenters. The lowest BCUT2D eigenvalue weighted by atomic mass is 9.59.